The smallest absolute Gasteiger partial charge is 0.123 e. The van der Waals surface area contributed by atoms with E-state index in [9.17, 15) is 14.6 Å². The summed E-state index contributed by atoms with van der Waals surface area (Å²) < 4.78 is 13.3. The van der Waals surface area contributed by atoms with Crippen LogP contribution in [0.4, 0.5) is 4.39 Å². The Morgan fingerprint density at radius 3 is 2.39 bits per heavy atom. The van der Waals surface area contributed by atoms with Gasteiger partial charge in [0, 0.05) is 5.41 Å². The number of benzene rings is 1. The van der Waals surface area contributed by atoms with Crippen molar-refractivity contribution in [1.82, 2.24) is 0 Å². The summed E-state index contributed by atoms with van der Waals surface area (Å²) in [5, 5.41) is 19.2. The van der Waals surface area contributed by atoms with Gasteiger partial charge in [-0.2, -0.15) is 0 Å². The molecule has 0 unspecified atom stereocenters. The molecule has 2 nitrogen and oxygen atoms in total. The number of aliphatic hydroxyl groups is 2. The van der Waals surface area contributed by atoms with Gasteiger partial charge in [-0.05, 0) is 30.0 Å². The Labute approximate surface area is 108 Å². The van der Waals surface area contributed by atoms with Gasteiger partial charge < -0.3 is 10.2 Å². The van der Waals surface area contributed by atoms with Gasteiger partial charge in [-0.15, -0.1) is 0 Å². The van der Waals surface area contributed by atoms with Gasteiger partial charge in [-0.1, -0.05) is 38.8 Å². The topological polar surface area (TPSA) is 40.5 Å². The fourth-order valence-corrected chi connectivity index (χ4v) is 2.20. The van der Waals surface area contributed by atoms with Crippen molar-refractivity contribution in [3.63, 3.8) is 0 Å². The van der Waals surface area contributed by atoms with Crippen molar-refractivity contribution < 1.29 is 14.6 Å². The number of rotatable bonds is 7. The monoisotopic (exact) mass is 254 g/mol. The van der Waals surface area contributed by atoms with Crippen molar-refractivity contribution in [3.05, 3.63) is 35.6 Å². The summed E-state index contributed by atoms with van der Waals surface area (Å²) in [5.74, 6) is 0.259. The third kappa shape index (κ3) is 3.79. The molecule has 3 heteroatoms. The van der Waals surface area contributed by atoms with Crippen LogP contribution in [0.3, 0.4) is 0 Å². The summed E-state index contributed by atoms with van der Waals surface area (Å²) in [4.78, 5) is 0. The minimum Gasteiger partial charge on any atom is -0.395 e. The first-order valence-electron chi connectivity index (χ1n) is 6.52. The Hall–Kier alpha value is -0.930. The number of halogens is 1. The van der Waals surface area contributed by atoms with E-state index in [2.05, 4.69) is 13.8 Å². The first kappa shape index (κ1) is 15.1. The molecular weight excluding hydrogens is 231 g/mol. The minimum atomic E-state index is -0.725. The highest BCUT2D eigenvalue weighted by Gasteiger charge is 2.30. The lowest BCUT2D eigenvalue weighted by Gasteiger charge is -2.30. The molecule has 2 N–H and O–H groups in total. The number of hydrogen-bond donors (Lipinski definition) is 2. The third-order valence-electron chi connectivity index (χ3n) is 3.48. The van der Waals surface area contributed by atoms with Crippen LogP contribution in [0.2, 0.25) is 0 Å². The molecule has 1 aromatic carbocycles. The Bertz CT molecular complexity index is 359. The van der Waals surface area contributed by atoms with E-state index in [0.717, 1.165) is 12.8 Å². The normalized spacial score (nSPS) is 12.1. The molecule has 0 atom stereocenters. The summed E-state index contributed by atoms with van der Waals surface area (Å²) in [6.07, 6.45) is 2.62. The molecule has 0 aromatic heterocycles. The molecular formula is C15H23FO2. The third-order valence-corrected chi connectivity index (χ3v) is 3.48. The van der Waals surface area contributed by atoms with E-state index in [4.69, 9.17) is 0 Å². The van der Waals surface area contributed by atoms with E-state index in [1.54, 1.807) is 12.1 Å². The van der Waals surface area contributed by atoms with Crippen LogP contribution in [0.25, 0.3) is 0 Å². The van der Waals surface area contributed by atoms with Crippen LogP contribution in [-0.2, 0) is 5.41 Å². The Morgan fingerprint density at radius 1 is 1.22 bits per heavy atom. The van der Waals surface area contributed by atoms with Gasteiger partial charge in [0.15, 0.2) is 0 Å². The van der Waals surface area contributed by atoms with Crippen LogP contribution >= 0.6 is 0 Å². The van der Waals surface area contributed by atoms with Gasteiger partial charge in [0.1, 0.15) is 5.82 Å². The van der Waals surface area contributed by atoms with E-state index in [1.807, 2.05) is 0 Å². The first-order chi connectivity index (χ1) is 8.54. The van der Waals surface area contributed by atoms with Crippen molar-refractivity contribution in [2.24, 2.45) is 5.92 Å². The highest BCUT2D eigenvalue weighted by molar-refractivity contribution is 5.26. The molecule has 0 fully saturated rings. The fraction of sp³-hybridized carbons (Fsp3) is 0.600. The molecule has 0 aliphatic heterocycles. The molecule has 0 radical (unpaired) electrons. The number of aliphatic hydroxyl groups excluding tert-OH is 2. The van der Waals surface area contributed by atoms with E-state index >= 15 is 0 Å². The Balaban J connectivity index is 2.85. The van der Waals surface area contributed by atoms with Crippen molar-refractivity contribution in [1.29, 1.82) is 0 Å². The molecule has 18 heavy (non-hydrogen) atoms. The average molecular weight is 254 g/mol. The molecule has 1 aromatic rings. The van der Waals surface area contributed by atoms with E-state index in [1.165, 1.54) is 12.1 Å². The second kappa shape index (κ2) is 6.86. The molecule has 0 aliphatic rings. The van der Waals surface area contributed by atoms with Gasteiger partial charge in [-0.25, -0.2) is 4.39 Å². The SMILES string of the molecule is CC(C)CCCC(CO)(CO)c1cccc(F)c1. The molecule has 0 saturated carbocycles. The largest absolute Gasteiger partial charge is 0.395 e. The maximum absolute atomic E-state index is 13.3. The second-order valence-electron chi connectivity index (χ2n) is 5.39. The van der Waals surface area contributed by atoms with Gasteiger partial charge in [-0.3, -0.25) is 0 Å². The lowest BCUT2D eigenvalue weighted by Crippen LogP contribution is -2.35. The number of hydrogen-bond acceptors (Lipinski definition) is 2. The van der Waals surface area contributed by atoms with Crippen LogP contribution in [0, 0.1) is 11.7 Å². The van der Waals surface area contributed by atoms with Gasteiger partial charge in [0.25, 0.3) is 0 Å². The Kier molecular flexibility index (Phi) is 5.76. The van der Waals surface area contributed by atoms with Crippen molar-refractivity contribution in [3.8, 4) is 0 Å². The minimum absolute atomic E-state index is 0.162. The molecule has 0 aliphatic carbocycles. The zero-order chi connectivity index (χ0) is 13.6. The summed E-state index contributed by atoms with van der Waals surface area (Å²) >= 11 is 0. The predicted octanol–water partition coefficient (Wildman–Crippen LogP) is 2.87. The maximum atomic E-state index is 13.3. The lowest BCUT2D eigenvalue weighted by molar-refractivity contribution is 0.106. The quantitative estimate of drug-likeness (QED) is 0.785. The standard InChI is InChI=1S/C15H23FO2/c1-12(2)5-4-8-15(10-17,11-18)13-6-3-7-14(16)9-13/h3,6-7,9,12,17-18H,4-5,8,10-11H2,1-2H3. The average Bonchev–Trinajstić information content (AvgIpc) is 2.35. The molecule has 0 heterocycles. The molecule has 0 bridgehead atoms. The van der Waals surface area contributed by atoms with Gasteiger partial charge >= 0.3 is 0 Å². The van der Waals surface area contributed by atoms with Crippen LogP contribution in [-0.4, -0.2) is 23.4 Å². The van der Waals surface area contributed by atoms with Crippen molar-refractivity contribution >= 4 is 0 Å². The Morgan fingerprint density at radius 2 is 1.89 bits per heavy atom. The van der Waals surface area contributed by atoms with Crippen molar-refractivity contribution in [2.75, 3.05) is 13.2 Å². The van der Waals surface area contributed by atoms with Crippen molar-refractivity contribution in [2.45, 2.75) is 38.5 Å². The summed E-state index contributed by atoms with van der Waals surface area (Å²) in [7, 11) is 0. The fourth-order valence-electron chi connectivity index (χ4n) is 2.20. The molecule has 1 rings (SSSR count). The highest BCUT2D eigenvalue weighted by atomic mass is 19.1. The van der Waals surface area contributed by atoms with Crippen LogP contribution < -0.4 is 0 Å². The predicted molar refractivity (Wildman–Crippen MR) is 70.9 cm³/mol. The molecule has 0 spiro atoms. The molecule has 102 valence electrons. The van der Waals surface area contributed by atoms with E-state index in [-0.39, 0.29) is 19.0 Å². The zero-order valence-electron chi connectivity index (χ0n) is 11.2. The van der Waals surface area contributed by atoms with Gasteiger partial charge in [0.2, 0.25) is 0 Å². The molecule has 0 saturated heterocycles. The maximum Gasteiger partial charge on any atom is 0.123 e. The summed E-state index contributed by atoms with van der Waals surface area (Å²) in [5.41, 5.74) is -0.0481. The van der Waals surface area contributed by atoms with Crippen LogP contribution in [0.5, 0.6) is 0 Å². The van der Waals surface area contributed by atoms with E-state index < -0.39 is 5.41 Å². The lowest BCUT2D eigenvalue weighted by atomic mass is 9.77. The molecule has 0 amide bonds. The first-order valence-corrected chi connectivity index (χ1v) is 6.52. The second-order valence-corrected chi connectivity index (χ2v) is 5.39. The summed E-state index contributed by atoms with van der Waals surface area (Å²) in [6, 6.07) is 6.16. The van der Waals surface area contributed by atoms with Gasteiger partial charge in [0.05, 0.1) is 13.2 Å². The van der Waals surface area contributed by atoms with Crippen LogP contribution in [0.1, 0.15) is 38.7 Å². The van der Waals surface area contributed by atoms with E-state index in [0.29, 0.717) is 17.9 Å². The zero-order valence-corrected chi connectivity index (χ0v) is 11.2. The van der Waals surface area contributed by atoms with Crippen LogP contribution in [0.15, 0.2) is 24.3 Å². The summed E-state index contributed by atoms with van der Waals surface area (Å²) in [6.45, 7) is 3.96. The highest BCUT2D eigenvalue weighted by Crippen LogP contribution is 2.30.